The van der Waals surface area contributed by atoms with Gasteiger partial charge in [-0.15, -0.1) is 0 Å². The third-order valence-corrected chi connectivity index (χ3v) is 7.88. The number of rotatable bonds is 5. The van der Waals surface area contributed by atoms with E-state index < -0.39 is 11.8 Å². The van der Waals surface area contributed by atoms with Crippen LogP contribution in [0.25, 0.3) is 11.4 Å². The van der Waals surface area contributed by atoms with Crippen LogP contribution in [0.1, 0.15) is 46.7 Å². The fourth-order valence-corrected chi connectivity index (χ4v) is 5.68. The number of fused-ring (bicyclic) bond motifs is 2. The van der Waals surface area contributed by atoms with Crippen molar-refractivity contribution in [2.45, 2.75) is 50.9 Å². The molecule has 3 N–H and O–H groups in total. The number of halogens is 2. The monoisotopic (exact) mass is 515 g/mol. The first-order chi connectivity index (χ1) is 18.4. The summed E-state index contributed by atoms with van der Waals surface area (Å²) in [5, 5.41) is 11.0. The van der Waals surface area contributed by atoms with E-state index in [0.29, 0.717) is 32.0 Å². The topological polar surface area (TPSA) is 94.5 Å². The van der Waals surface area contributed by atoms with E-state index in [2.05, 4.69) is 45.4 Å². The van der Waals surface area contributed by atoms with E-state index in [9.17, 15) is 13.6 Å². The number of hydrazone groups is 1. The molecule has 4 heterocycles. The maximum atomic E-state index is 13.3. The summed E-state index contributed by atoms with van der Waals surface area (Å²) in [4.78, 5) is 24.1. The molecule has 38 heavy (non-hydrogen) atoms. The van der Waals surface area contributed by atoms with E-state index in [-0.39, 0.29) is 24.7 Å². The Hall–Kier alpha value is -3.92. The van der Waals surface area contributed by atoms with Gasteiger partial charge in [0, 0.05) is 80.4 Å². The molecule has 0 bridgehead atoms. The van der Waals surface area contributed by atoms with E-state index in [1.54, 1.807) is 4.90 Å². The number of anilines is 2. The number of aromatic nitrogens is 2. The third-order valence-electron chi connectivity index (χ3n) is 7.88. The van der Waals surface area contributed by atoms with Crippen molar-refractivity contribution < 1.29 is 13.6 Å². The molecule has 1 aliphatic carbocycles. The number of alkyl halides is 2. The number of nitrogens with one attached hydrogen (secondary N) is 3. The Bertz CT molecular complexity index is 1450. The van der Waals surface area contributed by atoms with Crippen molar-refractivity contribution in [3.63, 3.8) is 0 Å². The van der Waals surface area contributed by atoms with Gasteiger partial charge in [0.2, 0.25) is 11.8 Å². The minimum Gasteiger partial charge on any atom is -0.340 e. The summed E-state index contributed by atoms with van der Waals surface area (Å²) in [6.07, 6.45) is 1.24. The van der Waals surface area contributed by atoms with E-state index in [4.69, 9.17) is 9.97 Å². The second kappa shape index (κ2) is 8.83. The maximum absolute atomic E-state index is 13.3. The smallest absolute Gasteiger partial charge is 0.249 e. The Morgan fingerprint density at radius 3 is 2.61 bits per heavy atom. The van der Waals surface area contributed by atoms with Crippen LogP contribution in [0.3, 0.4) is 0 Å². The van der Waals surface area contributed by atoms with E-state index in [0.717, 1.165) is 46.0 Å². The highest BCUT2D eigenvalue weighted by molar-refractivity contribution is 5.81. The summed E-state index contributed by atoms with van der Waals surface area (Å²) >= 11 is 0. The zero-order valence-electron chi connectivity index (χ0n) is 20.7. The van der Waals surface area contributed by atoms with Gasteiger partial charge in [0.05, 0.1) is 5.69 Å². The normalized spacial score (nSPS) is 21.1. The van der Waals surface area contributed by atoms with E-state index in [1.165, 1.54) is 5.56 Å². The molecule has 7 rings (SSSR count). The van der Waals surface area contributed by atoms with Gasteiger partial charge in [0.15, 0.2) is 5.82 Å². The van der Waals surface area contributed by atoms with Crippen LogP contribution in [0.15, 0.2) is 47.6 Å². The van der Waals surface area contributed by atoms with Crippen LogP contribution in [-0.4, -0.2) is 39.5 Å². The molecule has 1 amide bonds. The fourth-order valence-electron chi connectivity index (χ4n) is 5.68. The molecular weight excluding hydrogens is 488 g/mol. The molecule has 3 aliphatic heterocycles. The SMILES string of the molecule is O=C(C1CC(F)(F)C1)N1Cc2ccc(-c3nc4c(c(Nc5ccc(C6C=NNC6)cc5)n3)CNC4)cc2C1. The highest BCUT2D eigenvalue weighted by Crippen LogP contribution is 2.44. The van der Waals surface area contributed by atoms with Crippen LogP contribution in [-0.2, 0) is 31.0 Å². The molecule has 0 saturated heterocycles. The Morgan fingerprint density at radius 2 is 1.84 bits per heavy atom. The second-order valence-corrected chi connectivity index (χ2v) is 10.6. The minimum atomic E-state index is -2.70. The predicted octanol–water partition coefficient (Wildman–Crippen LogP) is 4.05. The van der Waals surface area contributed by atoms with Gasteiger partial charge in [-0.3, -0.25) is 4.79 Å². The standard InChI is InChI=1S/C28H27F2N7O/c29-28(30)8-20(9-28)27(38)37-14-18-2-1-17(7-19(18)15-37)25-35-24-13-31-12-23(24)26(36-25)34-22-5-3-16(4-6-22)21-10-32-33-11-21/h1-7,10,20-21,31,33H,8-9,11-15H2,(H,34,35,36). The molecule has 2 aromatic carbocycles. The Kier molecular flexibility index (Phi) is 5.40. The quantitative estimate of drug-likeness (QED) is 0.475. The van der Waals surface area contributed by atoms with Gasteiger partial charge in [-0.1, -0.05) is 24.3 Å². The summed E-state index contributed by atoms with van der Waals surface area (Å²) in [6, 6.07) is 14.3. The summed E-state index contributed by atoms with van der Waals surface area (Å²) in [6.45, 7) is 3.06. The largest absolute Gasteiger partial charge is 0.340 e. The van der Waals surface area contributed by atoms with E-state index in [1.807, 2.05) is 24.4 Å². The number of amides is 1. The van der Waals surface area contributed by atoms with Crippen molar-refractivity contribution in [2.75, 3.05) is 11.9 Å². The first-order valence-corrected chi connectivity index (χ1v) is 12.9. The predicted molar refractivity (Wildman–Crippen MR) is 139 cm³/mol. The summed E-state index contributed by atoms with van der Waals surface area (Å²) < 4.78 is 26.6. The Morgan fingerprint density at radius 1 is 1.03 bits per heavy atom. The molecule has 1 saturated carbocycles. The van der Waals surface area contributed by atoms with Gasteiger partial charge >= 0.3 is 0 Å². The van der Waals surface area contributed by atoms with Gasteiger partial charge in [0.1, 0.15) is 5.82 Å². The molecule has 1 aromatic heterocycles. The van der Waals surface area contributed by atoms with Gasteiger partial charge < -0.3 is 21.0 Å². The van der Waals surface area contributed by atoms with Crippen molar-refractivity contribution in [3.05, 3.63) is 70.4 Å². The molecular formula is C28H27F2N7O. The number of nitrogens with zero attached hydrogens (tertiary/aromatic N) is 4. The van der Waals surface area contributed by atoms with Crippen molar-refractivity contribution >= 4 is 23.6 Å². The van der Waals surface area contributed by atoms with Crippen LogP contribution in [0.4, 0.5) is 20.3 Å². The van der Waals surface area contributed by atoms with Gasteiger partial charge in [-0.2, -0.15) is 5.10 Å². The molecule has 1 atom stereocenters. The van der Waals surface area contributed by atoms with Crippen molar-refractivity contribution in [1.29, 1.82) is 0 Å². The van der Waals surface area contributed by atoms with Crippen LogP contribution in [0, 0.1) is 5.92 Å². The fraction of sp³-hybridized carbons (Fsp3) is 0.357. The van der Waals surface area contributed by atoms with Crippen molar-refractivity contribution in [3.8, 4) is 11.4 Å². The van der Waals surface area contributed by atoms with Crippen molar-refractivity contribution in [2.24, 2.45) is 11.0 Å². The number of benzene rings is 2. The maximum Gasteiger partial charge on any atom is 0.249 e. The zero-order chi connectivity index (χ0) is 25.9. The molecule has 0 radical (unpaired) electrons. The zero-order valence-corrected chi connectivity index (χ0v) is 20.7. The summed E-state index contributed by atoms with van der Waals surface area (Å²) in [5.74, 6) is -1.78. The van der Waals surface area contributed by atoms with E-state index >= 15 is 0 Å². The van der Waals surface area contributed by atoms with Crippen LogP contribution >= 0.6 is 0 Å². The Labute approximate surface area is 218 Å². The van der Waals surface area contributed by atoms with Gasteiger partial charge in [0.25, 0.3) is 0 Å². The van der Waals surface area contributed by atoms with Crippen LogP contribution in [0.5, 0.6) is 0 Å². The third kappa shape index (κ3) is 4.18. The minimum absolute atomic E-state index is 0.178. The number of hydrogen-bond donors (Lipinski definition) is 3. The lowest BCUT2D eigenvalue weighted by atomic mass is 9.80. The number of carbonyl (C=O) groups is 1. The lowest BCUT2D eigenvalue weighted by Crippen LogP contribution is -2.45. The molecule has 8 nitrogen and oxygen atoms in total. The van der Waals surface area contributed by atoms with Crippen LogP contribution < -0.4 is 16.1 Å². The second-order valence-electron chi connectivity index (χ2n) is 10.6. The molecule has 3 aromatic rings. The molecule has 4 aliphatic rings. The average molecular weight is 516 g/mol. The average Bonchev–Trinajstić information content (AvgIpc) is 3.67. The Balaban J connectivity index is 1.12. The van der Waals surface area contributed by atoms with Crippen molar-refractivity contribution in [1.82, 2.24) is 25.6 Å². The number of carbonyl (C=O) groups excluding carboxylic acids is 1. The summed E-state index contributed by atoms with van der Waals surface area (Å²) in [7, 11) is 0. The molecule has 194 valence electrons. The van der Waals surface area contributed by atoms with Gasteiger partial charge in [-0.25, -0.2) is 18.7 Å². The first kappa shape index (κ1) is 23.2. The van der Waals surface area contributed by atoms with Gasteiger partial charge in [-0.05, 0) is 34.9 Å². The molecule has 0 spiro atoms. The lowest BCUT2D eigenvalue weighted by Gasteiger charge is -2.36. The lowest BCUT2D eigenvalue weighted by molar-refractivity contribution is -0.160. The van der Waals surface area contributed by atoms with Crippen LogP contribution in [0.2, 0.25) is 0 Å². The highest BCUT2D eigenvalue weighted by Gasteiger charge is 2.50. The number of hydrogen-bond acceptors (Lipinski definition) is 7. The molecule has 1 fully saturated rings. The summed E-state index contributed by atoms with van der Waals surface area (Å²) in [5.41, 5.74) is 10.1. The molecule has 1 unspecified atom stereocenters. The first-order valence-electron chi connectivity index (χ1n) is 12.9. The highest BCUT2D eigenvalue weighted by atomic mass is 19.3. The molecule has 10 heteroatoms.